The van der Waals surface area contributed by atoms with E-state index < -0.39 is 6.17 Å². The molecule has 0 unspecified atom stereocenters. The van der Waals surface area contributed by atoms with E-state index in [-0.39, 0.29) is 11.4 Å². The highest BCUT2D eigenvalue weighted by Gasteiger charge is 2.36. The van der Waals surface area contributed by atoms with Crippen molar-refractivity contribution in [3.8, 4) is 0 Å². The molecule has 0 atom stereocenters. The van der Waals surface area contributed by atoms with Crippen LogP contribution >= 0.6 is 0 Å². The van der Waals surface area contributed by atoms with Gasteiger partial charge < -0.3 is 4.74 Å². The second-order valence-electron chi connectivity index (χ2n) is 4.51. The molecule has 3 heteroatoms. The van der Waals surface area contributed by atoms with Gasteiger partial charge in [0.25, 0.3) is 0 Å². The fourth-order valence-electron chi connectivity index (χ4n) is 2.37. The molecule has 1 saturated carbocycles. The smallest absolute Gasteiger partial charge is 0.306 e. The van der Waals surface area contributed by atoms with E-state index in [1.165, 1.54) is 0 Å². The molecule has 0 amide bonds. The second-order valence-corrected chi connectivity index (χ2v) is 4.51. The molecule has 0 bridgehead atoms. The van der Waals surface area contributed by atoms with Gasteiger partial charge in [0.2, 0.25) is 0 Å². The van der Waals surface area contributed by atoms with Crippen molar-refractivity contribution in [2.75, 3.05) is 6.61 Å². The number of hydrogen-bond donors (Lipinski definition) is 0. The summed E-state index contributed by atoms with van der Waals surface area (Å²) < 4.78 is 18.0. The number of hydrogen-bond acceptors (Lipinski definition) is 2. The van der Waals surface area contributed by atoms with Gasteiger partial charge >= 0.3 is 5.97 Å². The molecule has 1 aliphatic rings. The molecule has 0 saturated heterocycles. The zero-order valence-electron chi connectivity index (χ0n) is 9.72. The number of rotatable bonds is 4. The van der Waals surface area contributed by atoms with Crippen molar-refractivity contribution < 1.29 is 13.9 Å². The molecule has 0 aromatic rings. The van der Waals surface area contributed by atoms with E-state index in [0.29, 0.717) is 25.9 Å². The summed E-state index contributed by atoms with van der Waals surface area (Å²) in [5.74, 6) is -0.128. The Kier molecular flexibility index (Phi) is 4.55. The van der Waals surface area contributed by atoms with Crippen molar-refractivity contribution in [1.29, 1.82) is 0 Å². The number of carbonyl (C=O) groups excluding carboxylic acids is 1. The van der Waals surface area contributed by atoms with Crippen LogP contribution in [0.1, 0.15) is 52.4 Å². The summed E-state index contributed by atoms with van der Waals surface area (Å²) in [6.45, 7) is 4.33. The van der Waals surface area contributed by atoms with Gasteiger partial charge in [-0.1, -0.05) is 6.92 Å². The van der Waals surface area contributed by atoms with Gasteiger partial charge in [0.15, 0.2) is 0 Å². The first-order valence-electron chi connectivity index (χ1n) is 5.91. The van der Waals surface area contributed by atoms with E-state index >= 15 is 0 Å². The Balaban J connectivity index is 2.49. The van der Waals surface area contributed by atoms with Crippen LogP contribution < -0.4 is 0 Å². The van der Waals surface area contributed by atoms with Crippen LogP contribution in [0.25, 0.3) is 0 Å². The predicted molar refractivity (Wildman–Crippen MR) is 57.3 cm³/mol. The molecule has 0 spiro atoms. The Morgan fingerprint density at radius 3 is 2.47 bits per heavy atom. The van der Waals surface area contributed by atoms with Gasteiger partial charge in [-0.3, -0.25) is 4.79 Å². The minimum atomic E-state index is -0.660. The minimum Gasteiger partial charge on any atom is -0.466 e. The van der Waals surface area contributed by atoms with E-state index in [0.717, 1.165) is 19.3 Å². The summed E-state index contributed by atoms with van der Waals surface area (Å²) in [5, 5.41) is 0. The highest BCUT2D eigenvalue weighted by molar-refractivity contribution is 5.70. The molecule has 0 N–H and O–H groups in total. The predicted octanol–water partition coefficient (Wildman–Crippen LogP) is 3.25. The molecule has 88 valence electrons. The zero-order chi connectivity index (χ0) is 11.3. The third-order valence-electron chi connectivity index (χ3n) is 3.55. The topological polar surface area (TPSA) is 26.3 Å². The first kappa shape index (κ1) is 12.5. The number of halogens is 1. The fraction of sp³-hybridized carbons (Fsp3) is 0.917. The van der Waals surface area contributed by atoms with Gasteiger partial charge in [-0.25, -0.2) is 4.39 Å². The molecular weight excluding hydrogens is 194 g/mol. The lowest BCUT2D eigenvalue weighted by Gasteiger charge is -2.36. The van der Waals surface area contributed by atoms with Gasteiger partial charge in [-0.15, -0.1) is 0 Å². The molecule has 0 aromatic carbocycles. The summed E-state index contributed by atoms with van der Waals surface area (Å²) in [5.41, 5.74) is 0.00877. The summed E-state index contributed by atoms with van der Waals surface area (Å²) in [6, 6.07) is 0. The number of ether oxygens (including phenoxy) is 1. The highest BCUT2D eigenvalue weighted by Crippen LogP contribution is 2.43. The van der Waals surface area contributed by atoms with Crippen molar-refractivity contribution in [1.82, 2.24) is 0 Å². The van der Waals surface area contributed by atoms with E-state index in [1.807, 2.05) is 6.92 Å². The Morgan fingerprint density at radius 2 is 2.00 bits per heavy atom. The van der Waals surface area contributed by atoms with Gasteiger partial charge in [0.1, 0.15) is 6.17 Å². The maximum atomic E-state index is 13.0. The average molecular weight is 215 g/mol. The monoisotopic (exact) mass is 215 g/mol. The molecule has 1 aliphatic carbocycles. The summed E-state index contributed by atoms with van der Waals surface area (Å²) in [6.07, 6.45) is 3.60. The van der Waals surface area contributed by atoms with Crippen molar-refractivity contribution in [2.45, 2.75) is 58.5 Å². The van der Waals surface area contributed by atoms with Crippen molar-refractivity contribution in [3.63, 3.8) is 0 Å². The molecule has 2 nitrogen and oxygen atoms in total. The summed E-state index contributed by atoms with van der Waals surface area (Å²) >= 11 is 0. The van der Waals surface area contributed by atoms with Gasteiger partial charge in [-0.2, -0.15) is 0 Å². The minimum absolute atomic E-state index is 0.00877. The normalized spacial score (nSPS) is 31.3. The Labute approximate surface area is 91.2 Å². The van der Waals surface area contributed by atoms with Crippen molar-refractivity contribution in [2.24, 2.45) is 5.41 Å². The lowest BCUT2D eigenvalue weighted by molar-refractivity contribution is -0.146. The van der Waals surface area contributed by atoms with Crippen molar-refractivity contribution in [3.05, 3.63) is 0 Å². The second kappa shape index (κ2) is 5.47. The number of carbonyl (C=O) groups is 1. The van der Waals surface area contributed by atoms with Crippen molar-refractivity contribution >= 4 is 5.97 Å². The van der Waals surface area contributed by atoms with Gasteiger partial charge in [0.05, 0.1) is 13.0 Å². The third kappa shape index (κ3) is 3.47. The molecule has 0 radical (unpaired) electrons. The van der Waals surface area contributed by atoms with E-state index in [9.17, 15) is 9.18 Å². The van der Waals surface area contributed by atoms with Crippen LogP contribution in [0.3, 0.4) is 0 Å². The van der Waals surface area contributed by atoms with E-state index in [4.69, 9.17) is 4.74 Å². The van der Waals surface area contributed by atoms with Crippen LogP contribution in [-0.2, 0) is 9.53 Å². The highest BCUT2D eigenvalue weighted by atomic mass is 18.2. The Morgan fingerprint density at radius 1 is 1.40 bits per heavy atom. The van der Waals surface area contributed by atoms with Crippen LogP contribution in [0.15, 0.2) is 0 Å². The molecule has 1 fully saturated rings. The molecule has 0 heterocycles. The SMILES string of the molecule is CCOC(=O)CC1(CC)CCC([18F])CC1. The maximum absolute atomic E-state index is 13.0. The quantitative estimate of drug-likeness (QED) is 0.673. The van der Waals surface area contributed by atoms with Crippen LogP contribution in [0.5, 0.6) is 0 Å². The lowest BCUT2D eigenvalue weighted by atomic mass is 9.69. The van der Waals surface area contributed by atoms with Gasteiger partial charge in [-0.05, 0) is 44.4 Å². The largest absolute Gasteiger partial charge is 0.466 e. The van der Waals surface area contributed by atoms with E-state index in [2.05, 4.69) is 6.92 Å². The Bertz CT molecular complexity index is 208. The van der Waals surface area contributed by atoms with Crippen LogP contribution in [-0.4, -0.2) is 18.7 Å². The van der Waals surface area contributed by atoms with E-state index in [1.54, 1.807) is 0 Å². The van der Waals surface area contributed by atoms with Crippen LogP contribution in [0, 0.1) is 5.41 Å². The number of alkyl halides is 1. The Hall–Kier alpha value is -0.600. The molecule has 1 rings (SSSR count). The fourth-order valence-corrected chi connectivity index (χ4v) is 2.37. The first-order valence-corrected chi connectivity index (χ1v) is 5.91. The first-order chi connectivity index (χ1) is 7.12. The average Bonchev–Trinajstić information content (AvgIpc) is 2.22. The summed E-state index contributed by atoms with van der Waals surface area (Å²) in [4.78, 5) is 11.4. The third-order valence-corrected chi connectivity index (χ3v) is 3.55. The molecule has 15 heavy (non-hydrogen) atoms. The molecular formula is C12H21FO2. The lowest BCUT2D eigenvalue weighted by Crippen LogP contribution is -2.30. The van der Waals surface area contributed by atoms with Crippen LogP contribution in [0.2, 0.25) is 0 Å². The zero-order valence-corrected chi connectivity index (χ0v) is 9.72. The number of esters is 1. The maximum Gasteiger partial charge on any atom is 0.306 e. The molecule has 0 aliphatic heterocycles. The van der Waals surface area contributed by atoms with Crippen LogP contribution in [0.4, 0.5) is 4.39 Å². The van der Waals surface area contributed by atoms with Gasteiger partial charge in [0, 0.05) is 0 Å². The standard InChI is InChI=1S/C12H21FO2/c1-3-12(9-11(14)15-4-2)7-5-10(13)6-8-12/h10H,3-9H2,1-2H3/i13-1. The summed E-state index contributed by atoms with van der Waals surface area (Å²) in [7, 11) is 0. The molecule has 0 aromatic heterocycles.